The molecule has 1 amide bonds. The van der Waals surface area contributed by atoms with E-state index in [-0.39, 0.29) is 12.7 Å². The minimum atomic E-state index is -3.40. The quantitative estimate of drug-likeness (QED) is 0.742. The van der Waals surface area contributed by atoms with E-state index >= 15 is 0 Å². The Balaban J connectivity index is 2.52. The number of benzene rings is 1. The summed E-state index contributed by atoms with van der Waals surface area (Å²) in [5, 5.41) is 0. The first-order valence-electron chi connectivity index (χ1n) is 7.32. The van der Waals surface area contributed by atoms with Gasteiger partial charge in [-0.2, -0.15) is 8.42 Å². The van der Waals surface area contributed by atoms with Crippen molar-refractivity contribution in [2.75, 3.05) is 19.9 Å². The van der Waals surface area contributed by atoms with Gasteiger partial charge in [0.05, 0.1) is 12.9 Å². The Kier molecular flexibility index (Phi) is 6.58. The Hall–Kier alpha value is -1.60. The van der Waals surface area contributed by atoms with Gasteiger partial charge in [0, 0.05) is 13.6 Å². The molecule has 0 aliphatic heterocycles. The molecule has 0 atom stereocenters. The molecule has 1 aromatic rings. The third-order valence-corrected chi connectivity index (χ3v) is 3.43. The number of amides is 1. The van der Waals surface area contributed by atoms with E-state index in [4.69, 9.17) is 8.92 Å². The molecular weight excluding hydrogens is 318 g/mol. The van der Waals surface area contributed by atoms with Gasteiger partial charge in [0.25, 0.3) is 10.1 Å². The van der Waals surface area contributed by atoms with Gasteiger partial charge in [-0.05, 0) is 38.3 Å². The maximum absolute atomic E-state index is 11.9. The third-order valence-electron chi connectivity index (χ3n) is 2.84. The maximum atomic E-state index is 11.9. The summed E-state index contributed by atoms with van der Waals surface area (Å²) < 4.78 is 31.8. The molecule has 0 aliphatic rings. The summed E-state index contributed by atoms with van der Waals surface area (Å²) in [6.45, 7) is 6.04. The molecular formula is C16H25NO5S. The minimum absolute atomic E-state index is 0.121. The van der Waals surface area contributed by atoms with Crippen LogP contribution in [0.1, 0.15) is 31.9 Å². The fourth-order valence-electron chi connectivity index (χ4n) is 1.80. The van der Waals surface area contributed by atoms with E-state index in [2.05, 4.69) is 0 Å². The number of nitrogens with zero attached hydrogens (tertiary/aromatic N) is 1. The van der Waals surface area contributed by atoms with Crippen LogP contribution in [0, 0.1) is 0 Å². The lowest BCUT2D eigenvalue weighted by molar-refractivity contribution is 0.0285. The molecule has 0 saturated heterocycles. The van der Waals surface area contributed by atoms with E-state index in [1.54, 1.807) is 7.05 Å². The number of rotatable bonds is 6. The summed E-state index contributed by atoms with van der Waals surface area (Å²) >= 11 is 0. The molecule has 0 bridgehead atoms. The number of ether oxygens (including phenoxy) is 1. The molecule has 1 aromatic carbocycles. The van der Waals surface area contributed by atoms with E-state index in [1.807, 2.05) is 45.0 Å². The molecule has 0 radical (unpaired) electrons. The van der Waals surface area contributed by atoms with Crippen molar-refractivity contribution in [1.29, 1.82) is 0 Å². The second kappa shape index (κ2) is 7.79. The molecule has 1 rings (SSSR count). The van der Waals surface area contributed by atoms with Gasteiger partial charge < -0.3 is 9.64 Å². The summed E-state index contributed by atoms with van der Waals surface area (Å²) in [7, 11) is -1.72. The molecule has 0 N–H and O–H groups in total. The second-order valence-corrected chi connectivity index (χ2v) is 8.07. The lowest BCUT2D eigenvalue weighted by Gasteiger charge is -2.24. The molecule has 0 saturated carbocycles. The van der Waals surface area contributed by atoms with Crippen molar-refractivity contribution in [2.24, 2.45) is 0 Å². The molecule has 0 aliphatic carbocycles. The van der Waals surface area contributed by atoms with Crippen LogP contribution >= 0.6 is 0 Å². The van der Waals surface area contributed by atoms with Gasteiger partial charge >= 0.3 is 6.09 Å². The van der Waals surface area contributed by atoms with Crippen LogP contribution in [0.4, 0.5) is 4.79 Å². The van der Waals surface area contributed by atoms with Gasteiger partial charge in [0.1, 0.15) is 5.60 Å². The molecule has 0 fully saturated rings. The predicted molar refractivity (Wildman–Crippen MR) is 88.6 cm³/mol. The number of carbonyl (C=O) groups excluding carboxylic acids is 1. The monoisotopic (exact) mass is 343 g/mol. The van der Waals surface area contributed by atoms with Gasteiger partial charge in [-0.3, -0.25) is 4.18 Å². The lowest BCUT2D eigenvalue weighted by Crippen LogP contribution is -2.33. The Morgan fingerprint density at radius 3 is 2.13 bits per heavy atom. The second-order valence-electron chi connectivity index (χ2n) is 6.43. The molecule has 23 heavy (non-hydrogen) atoms. The van der Waals surface area contributed by atoms with Crippen LogP contribution in [-0.4, -0.2) is 44.9 Å². The standard InChI is InChI=1S/C16H25NO5S/c1-16(2,3)22-15(18)17(4)12-14-8-6-13(7-9-14)10-11-21-23(5,19)20/h6-9H,10-12H2,1-5H3. The molecule has 7 heteroatoms. The average Bonchev–Trinajstić information content (AvgIpc) is 2.37. The smallest absolute Gasteiger partial charge is 0.410 e. The number of carbonyl (C=O) groups is 1. The van der Waals surface area contributed by atoms with E-state index in [0.717, 1.165) is 17.4 Å². The lowest BCUT2D eigenvalue weighted by atomic mass is 10.1. The number of hydrogen-bond acceptors (Lipinski definition) is 5. The Bertz CT molecular complexity index is 617. The summed E-state index contributed by atoms with van der Waals surface area (Å²) in [4.78, 5) is 13.4. The number of hydrogen-bond donors (Lipinski definition) is 0. The maximum Gasteiger partial charge on any atom is 0.410 e. The van der Waals surface area contributed by atoms with Crippen LogP contribution in [0.3, 0.4) is 0 Å². The fraction of sp³-hybridized carbons (Fsp3) is 0.562. The molecule has 6 nitrogen and oxygen atoms in total. The Labute approximate surface area is 138 Å². The molecule has 130 valence electrons. The minimum Gasteiger partial charge on any atom is -0.444 e. The van der Waals surface area contributed by atoms with E-state index in [9.17, 15) is 13.2 Å². The first kappa shape index (κ1) is 19.4. The van der Waals surface area contributed by atoms with Crippen molar-refractivity contribution in [1.82, 2.24) is 4.90 Å². The van der Waals surface area contributed by atoms with Gasteiger partial charge in [-0.25, -0.2) is 4.79 Å². The zero-order valence-corrected chi connectivity index (χ0v) is 15.1. The van der Waals surface area contributed by atoms with Crippen molar-refractivity contribution in [3.63, 3.8) is 0 Å². The van der Waals surface area contributed by atoms with Crippen molar-refractivity contribution < 1.29 is 22.1 Å². The highest BCUT2D eigenvalue weighted by molar-refractivity contribution is 7.85. The van der Waals surface area contributed by atoms with Crippen molar-refractivity contribution in [3.05, 3.63) is 35.4 Å². The first-order chi connectivity index (χ1) is 10.5. The SMILES string of the molecule is CN(Cc1ccc(CCOS(C)(=O)=O)cc1)C(=O)OC(C)(C)C. The highest BCUT2D eigenvalue weighted by Crippen LogP contribution is 2.12. The normalized spacial score (nSPS) is 12.0. The van der Waals surface area contributed by atoms with Gasteiger partial charge in [-0.1, -0.05) is 24.3 Å². The third kappa shape index (κ3) is 8.56. The molecule has 0 aromatic heterocycles. The summed E-state index contributed by atoms with van der Waals surface area (Å²) in [6.07, 6.45) is 1.17. The Morgan fingerprint density at radius 1 is 1.13 bits per heavy atom. The molecule has 0 unspecified atom stereocenters. The van der Waals surface area contributed by atoms with Crippen LogP contribution in [0.25, 0.3) is 0 Å². The van der Waals surface area contributed by atoms with Gasteiger partial charge in [-0.15, -0.1) is 0 Å². The zero-order chi connectivity index (χ0) is 17.7. The highest BCUT2D eigenvalue weighted by atomic mass is 32.2. The van der Waals surface area contributed by atoms with Crippen molar-refractivity contribution >= 4 is 16.2 Å². The molecule has 0 heterocycles. The van der Waals surface area contributed by atoms with Crippen molar-refractivity contribution in [3.8, 4) is 0 Å². The zero-order valence-electron chi connectivity index (χ0n) is 14.3. The first-order valence-corrected chi connectivity index (χ1v) is 9.14. The Morgan fingerprint density at radius 2 is 1.65 bits per heavy atom. The predicted octanol–water partition coefficient (Wildman–Crippen LogP) is 2.57. The van der Waals surface area contributed by atoms with Gasteiger partial charge in [0.2, 0.25) is 0 Å². The topological polar surface area (TPSA) is 72.9 Å². The van der Waals surface area contributed by atoms with E-state index < -0.39 is 15.7 Å². The van der Waals surface area contributed by atoms with Crippen LogP contribution in [0.5, 0.6) is 0 Å². The van der Waals surface area contributed by atoms with Crippen LogP contribution in [0.15, 0.2) is 24.3 Å². The van der Waals surface area contributed by atoms with Crippen LogP contribution < -0.4 is 0 Å². The molecule has 0 spiro atoms. The van der Waals surface area contributed by atoms with E-state index in [0.29, 0.717) is 13.0 Å². The largest absolute Gasteiger partial charge is 0.444 e. The van der Waals surface area contributed by atoms with Crippen LogP contribution in [0.2, 0.25) is 0 Å². The summed E-state index contributed by atoms with van der Waals surface area (Å²) in [6, 6.07) is 7.58. The average molecular weight is 343 g/mol. The van der Waals surface area contributed by atoms with Crippen molar-refractivity contribution in [2.45, 2.75) is 39.3 Å². The van der Waals surface area contributed by atoms with Crippen LogP contribution in [-0.2, 0) is 32.0 Å². The summed E-state index contributed by atoms with van der Waals surface area (Å²) in [5.74, 6) is 0. The fourth-order valence-corrected chi connectivity index (χ4v) is 2.19. The van der Waals surface area contributed by atoms with E-state index in [1.165, 1.54) is 4.90 Å². The summed E-state index contributed by atoms with van der Waals surface area (Å²) in [5.41, 5.74) is 1.41. The highest BCUT2D eigenvalue weighted by Gasteiger charge is 2.19. The van der Waals surface area contributed by atoms with Gasteiger partial charge in [0.15, 0.2) is 0 Å².